The number of ether oxygens (including phenoxy) is 1. The van der Waals surface area contributed by atoms with Gasteiger partial charge < -0.3 is 19.6 Å². The van der Waals surface area contributed by atoms with E-state index in [0.29, 0.717) is 40.8 Å². The molecule has 12 heteroatoms. The molecule has 3 aliphatic rings. The standard InChI is InChI=1S/C25H34ClN5O4S2/c1-16-10-25(15-35-16)5-8-30(9-6-25)22-19(13-32)29-24(17(2)28-22)36-20-4-7-27-23(21(20)26)31-11-18(12-31)14-37(3,33)34/h4,7,16,18,32H,5-6,8-15H2,1-3H3/t16-/m0/s1. The number of nitrogens with zero attached hydrogens (tertiary/aromatic N) is 5. The van der Waals surface area contributed by atoms with Crippen LogP contribution in [-0.4, -0.2) is 79.4 Å². The van der Waals surface area contributed by atoms with Gasteiger partial charge in [0.2, 0.25) is 0 Å². The van der Waals surface area contributed by atoms with Crippen molar-refractivity contribution in [2.75, 3.05) is 54.6 Å². The zero-order chi connectivity index (χ0) is 26.4. The first kappa shape index (κ1) is 26.9. The lowest BCUT2D eigenvalue weighted by Gasteiger charge is -2.40. The van der Waals surface area contributed by atoms with Gasteiger partial charge in [-0.05, 0) is 44.6 Å². The monoisotopic (exact) mass is 567 g/mol. The lowest BCUT2D eigenvalue weighted by atomic mass is 9.77. The Morgan fingerprint density at radius 1 is 1.22 bits per heavy atom. The van der Waals surface area contributed by atoms with Crippen molar-refractivity contribution in [2.45, 2.75) is 55.7 Å². The Labute approximate surface area is 227 Å². The lowest BCUT2D eigenvalue weighted by Crippen LogP contribution is -2.50. The molecule has 0 amide bonds. The highest BCUT2D eigenvalue weighted by Gasteiger charge is 2.41. The zero-order valence-corrected chi connectivity index (χ0v) is 23.9. The van der Waals surface area contributed by atoms with Crippen molar-refractivity contribution < 1.29 is 18.3 Å². The number of aryl methyl sites for hydroxylation is 1. The summed E-state index contributed by atoms with van der Waals surface area (Å²) in [6.45, 7) is 7.68. The molecule has 9 nitrogen and oxygen atoms in total. The van der Waals surface area contributed by atoms with E-state index in [0.717, 1.165) is 55.4 Å². The summed E-state index contributed by atoms with van der Waals surface area (Å²) in [5.41, 5.74) is 1.61. The maximum absolute atomic E-state index is 11.6. The molecular weight excluding hydrogens is 534 g/mol. The van der Waals surface area contributed by atoms with Crippen molar-refractivity contribution in [3.63, 3.8) is 0 Å². The SMILES string of the molecule is Cc1nc(N2CCC3(CC2)CO[C@@H](C)C3)c(CO)nc1Sc1ccnc(N2CC(CS(C)(=O)=O)C2)c1Cl. The van der Waals surface area contributed by atoms with Crippen LogP contribution in [0.4, 0.5) is 11.6 Å². The first-order valence-electron chi connectivity index (χ1n) is 12.7. The molecule has 5 rings (SSSR count). The third-order valence-electron chi connectivity index (χ3n) is 7.58. The number of sulfone groups is 1. The van der Waals surface area contributed by atoms with Crippen LogP contribution >= 0.6 is 23.4 Å². The molecule has 0 unspecified atom stereocenters. The van der Waals surface area contributed by atoms with E-state index in [1.807, 2.05) is 17.9 Å². The molecule has 37 heavy (non-hydrogen) atoms. The molecule has 0 saturated carbocycles. The van der Waals surface area contributed by atoms with E-state index in [-0.39, 0.29) is 23.7 Å². The van der Waals surface area contributed by atoms with Crippen molar-refractivity contribution in [1.82, 2.24) is 15.0 Å². The van der Waals surface area contributed by atoms with Crippen LogP contribution in [0.1, 0.15) is 37.6 Å². The summed E-state index contributed by atoms with van der Waals surface area (Å²) in [6.07, 6.45) is 6.51. The molecule has 3 aliphatic heterocycles. The maximum Gasteiger partial charge on any atom is 0.153 e. The molecule has 2 aromatic heterocycles. The van der Waals surface area contributed by atoms with Crippen LogP contribution in [0, 0.1) is 18.3 Å². The van der Waals surface area contributed by atoms with Crippen LogP contribution in [0.2, 0.25) is 5.02 Å². The number of piperidine rings is 1. The van der Waals surface area contributed by atoms with Crippen LogP contribution in [0.25, 0.3) is 0 Å². The second-order valence-corrected chi connectivity index (χ2v) is 14.4. The van der Waals surface area contributed by atoms with Gasteiger partial charge in [-0.3, -0.25) is 0 Å². The van der Waals surface area contributed by atoms with Gasteiger partial charge in [0.25, 0.3) is 0 Å². The normalized spacial score (nSPS) is 22.0. The quantitative estimate of drug-likeness (QED) is 0.535. The lowest BCUT2D eigenvalue weighted by molar-refractivity contribution is 0.0975. The molecule has 1 atom stereocenters. The number of pyridine rings is 1. The largest absolute Gasteiger partial charge is 0.390 e. The zero-order valence-electron chi connectivity index (χ0n) is 21.5. The number of aromatic nitrogens is 3. The van der Waals surface area contributed by atoms with E-state index < -0.39 is 9.84 Å². The minimum absolute atomic E-state index is 0.0891. The molecule has 3 fully saturated rings. The molecule has 1 N–H and O–H groups in total. The van der Waals surface area contributed by atoms with E-state index in [1.54, 1.807) is 6.20 Å². The fourth-order valence-electron chi connectivity index (χ4n) is 5.66. The van der Waals surface area contributed by atoms with Gasteiger partial charge in [0, 0.05) is 49.4 Å². The molecule has 202 valence electrons. The number of hydrogen-bond donors (Lipinski definition) is 1. The van der Waals surface area contributed by atoms with Crippen molar-refractivity contribution in [3.05, 3.63) is 28.7 Å². The third kappa shape index (κ3) is 5.85. The topological polar surface area (TPSA) is 109 Å². The number of aliphatic hydroxyl groups is 1. The van der Waals surface area contributed by atoms with Gasteiger partial charge in [0.15, 0.2) is 5.82 Å². The van der Waals surface area contributed by atoms with Gasteiger partial charge in [-0.2, -0.15) is 0 Å². The average molecular weight is 568 g/mol. The van der Waals surface area contributed by atoms with Crippen molar-refractivity contribution in [1.29, 1.82) is 0 Å². The van der Waals surface area contributed by atoms with E-state index in [1.165, 1.54) is 18.0 Å². The highest BCUT2D eigenvalue weighted by Crippen LogP contribution is 2.44. The molecule has 1 spiro atoms. The molecule has 3 saturated heterocycles. The summed E-state index contributed by atoms with van der Waals surface area (Å²) in [4.78, 5) is 19.1. The number of aliphatic hydroxyl groups excluding tert-OH is 1. The average Bonchev–Trinajstić information content (AvgIpc) is 3.18. The Hall–Kier alpha value is -1.66. The number of rotatable bonds is 7. The van der Waals surface area contributed by atoms with E-state index >= 15 is 0 Å². The minimum Gasteiger partial charge on any atom is -0.390 e. The molecule has 0 aliphatic carbocycles. The van der Waals surface area contributed by atoms with Gasteiger partial charge >= 0.3 is 0 Å². The molecule has 2 aromatic rings. The van der Waals surface area contributed by atoms with E-state index in [4.69, 9.17) is 26.3 Å². The molecule has 0 bridgehead atoms. The number of hydrogen-bond acceptors (Lipinski definition) is 10. The summed E-state index contributed by atoms with van der Waals surface area (Å²) in [7, 11) is -3.01. The molecule has 5 heterocycles. The fraction of sp³-hybridized carbons (Fsp3) is 0.640. The Kier molecular flexibility index (Phi) is 7.63. The van der Waals surface area contributed by atoms with Crippen LogP contribution in [0.5, 0.6) is 0 Å². The van der Waals surface area contributed by atoms with Crippen LogP contribution < -0.4 is 9.80 Å². The summed E-state index contributed by atoms with van der Waals surface area (Å²) in [5, 5.41) is 11.3. The first-order valence-corrected chi connectivity index (χ1v) is 15.9. The predicted molar refractivity (Wildman–Crippen MR) is 145 cm³/mol. The smallest absolute Gasteiger partial charge is 0.153 e. The highest BCUT2D eigenvalue weighted by atomic mass is 35.5. The molecule has 0 aromatic carbocycles. The summed E-state index contributed by atoms with van der Waals surface area (Å²) < 4.78 is 29.0. The minimum atomic E-state index is -3.01. The Bertz CT molecular complexity index is 1260. The maximum atomic E-state index is 11.6. The Morgan fingerprint density at radius 2 is 1.95 bits per heavy atom. The van der Waals surface area contributed by atoms with Gasteiger partial charge in [-0.25, -0.2) is 23.4 Å². The van der Waals surface area contributed by atoms with Crippen molar-refractivity contribution in [2.24, 2.45) is 11.3 Å². The second kappa shape index (κ2) is 10.5. The van der Waals surface area contributed by atoms with Gasteiger partial charge in [-0.15, -0.1) is 0 Å². The fourth-order valence-corrected chi connectivity index (χ4v) is 7.95. The van der Waals surface area contributed by atoms with Gasteiger partial charge in [0.05, 0.1) is 35.8 Å². The third-order valence-corrected chi connectivity index (χ3v) is 10.3. The van der Waals surface area contributed by atoms with Crippen LogP contribution in [-0.2, 0) is 21.2 Å². The number of anilines is 2. The van der Waals surface area contributed by atoms with E-state index in [2.05, 4.69) is 16.8 Å². The Morgan fingerprint density at radius 3 is 2.57 bits per heavy atom. The van der Waals surface area contributed by atoms with Crippen molar-refractivity contribution in [3.8, 4) is 0 Å². The summed E-state index contributed by atoms with van der Waals surface area (Å²) in [5.74, 6) is 1.66. The van der Waals surface area contributed by atoms with Crippen molar-refractivity contribution >= 4 is 44.8 Å². The van der Waals surface area contributed by atoms with Gasteiger partial charge in [0.1, 0.15) is 26.4 Å². The van der Waals surface area contributed by atoms with Gasteiger partial charge in [-0.1, -0.05) is 23.4 Å². The summed E-state index contributed by atoms with van der Waals surface area (Å²) >= 11 is 8.14. The van der Waals surface area contributed by atoms with Crippen LogP contribution in [0.15, 0.2) is 22.2 Å². The summed E-state index contributed by atoms with van der Waals surface area (Å²) in [6, 6.07) is 1.84. The van der Waals surface area contributed by atoms with Crippen LogP contribution in [0.3, 0.4) is 0 Å². The molecule has 0 radical (unpaired) electrons. The Balaban J connectivity index is 1.30. The number of halogens is 1. The first-order chi connectivity index (χ1) is 17.6. The second-order valence-electron chi connectivity index (χ2n) is 10.8. The van der Waals surface area contributed by atoms with E-state index in [9.17, 15) is 13.5 Å². The molecular formula is C25H34ClN5O4S2. The predicted octanol–water partition coefficient (Wildman–Crippen LogP) is 3.35. The highest BCUT2D eigenvalue weighted by molar-refractivity contribution is 7.99.